The number of unbranched alkanes of at least 4 members (excludes halogenated alkanes) is 8. The molecule has 0 spiro atoms. The quantitative estimate of drug-likeness (QED) is 0.138. The minimum Gasteiger partial charge on any atom is -0.494 e. The maximum Gasteiger partial charge on any atom is 0.294 e. The molecule has 212 valence electrons. The van der Waals surface area contributed by atoms with E-state index in [1.54, 1.807) is 0 Å². The molecule has 0 saturated carbocycles. The van der Waals surface area contributed by atoms with Gasteiger partial charge in [0.25, 0.3) is 5.56 Å². The van der Waals surface area contributed by atoms with Crippen molar-refractivity contribution in [2.75, 3.05) is 19.8 Å². The second kappa shape index (κ2) is 18.5. The van der Waals surface area contributed by atoms with Gasteiger partial charge in [0, 0.05) is 11.5 Å². The predicted octanol–water partition coefficient (Wildman–Crippen LogP) is 9.30. The van der Waals surface area contributed by atoms with Crippen LogP contribution < -0.4 is 19.8 Å². The maximum atomic E-state index is 13.1. The molecular formula is C33H51NO4. The minimum absolute atomic E-state index is 0.252. The fourth-order valence-corrected chi connectivity index (χ4v) is 4.33. The molecule has 0 atom stereocenters. The predicted molar refractivity (Wildman–Crippen MR) is 161 cm³/mol. The SMILES string of the molecule is CCCCCCCCOc1ccc2c(OCCCCCC)c(OC/C=C(\C)CCC=C(C)C)c(=O)[nH]c2c1. The summed E-state index contributed by atoms with van der Waals surface area (Å²) >= 11 is 0. The van der Waals surface area contributed by atoms with Crippen molar-refractivity contribution < 1.29 is 14.2 Å². The van der Waals surface area contributed by atoms with Crippen molar-refractivity contribution in [1.82, 2.24) is 4.98 Å². The molecule has 1 N–H and O–H groups in total. The van der Waals surface area contributed by atoms with Crippen LogP contribution in [0.15, 0.2) is 46.3 Å². The summed E-state index contributed by atoms with van der Waals surface area (Å²) in [6.45, 7) is 12.3. The van der Waals surface area contributed by atoms with Gasteiger partial charge < -0.3 is 19.2 Å². The highest BCUT2D eigenvalue weighted by Crippen LogP contribution is 2.34. The summed E-state index contributed by atoms with van der Waals surface area (Å²) in [5.41, 5.74) is 3.01. The first-order valence-electron chi connectivity index (χ1n) is 14.8. The Bertz CT molecular complexity index is 1060. The van der Waals surface area contributed by atoms with Crippen molar-refractivity contribution in [2.45, 2.75) is 112 Å². The van der Waals surface area contributed by atoms with Crippen LogP contribution in [0.5, 0.6) is 17.2 Å². The van der Waals surface area contributed by atoms with Gasteiger partial charge in [-0.1, -0.05) is 82.4 Å². The first kappa shape index (κ1) is 31.5. The summed E-state index contributed by atoms with van der Waals surface area (Å²) in [5, 5.41) is 0.839. The van der Waals surface area contributed by atoms with Gasteiger partial charge in [-0.25, -0.2) is 0 Å². The highest BCUT2D eigenvalue weighted by molar-refractivity contribution is 5.88. The maximum absolute atomic E-state index is 13.1. The molecule has 0 radical (unpaired) electrons. The fraction of sp³-hybridized carbons (Fsp3) is 0.606. The van der Waals surface area contributed by atoms with Gasteiger partial charge in [-0.3, -0.25) is 4.79 Å². The van der Waals surface area contributed by atoms with Crippen LogP contribution in [0.3, 0.4) is 0 Å². The van der Waals surface area contributed by atoms with E-state index in [0.717, 1.165) is 43.2 Å². The Balaban J connectivity index is 2.13. The second-order valence-corrected chi connectivity index (χ2v) is 10.5. The van der Waals surface area contributed by atoms with Crippen LogP contribution in [-0.2, 0) is 0 Å². The van der Waals surface area contributed by atoms with E-state index in [9.17, 15) is 4.79 Å². The van der Waals surface area contributed by atoms with Crippen molar-refractivity contribution in [1.29, 1.82) is 0 Å². The molecule has 0 bridgehead atoms. The Morgan fingerprint density at radius 2 is 1.45 bits per heavy atom. The number of allylic oxidation sites excluding steroid dienone is 3. The number of nitrogens with one attached hydrogen (secondary N) is 1. The Hall–Kier alpha value is -2.69. The zero-order chi connectivity index (χ0) is 27.6. The van der Waals surface area contributed by atoms with Crippen LogP contribution >= 0.6 is 0 Å². The highest BCUT2D eigenvalue weighted by Gasteiger charge is 2.16. The van der Waals surface area contributed by atoms with Crippen LogP contribution in [0.2, 0.25) is 0 Å². The average molecular weight is 526 g/mol. The van der Waals surface area contributed by atoms with Crippen molar-refractivity contribution in [2.24, 2.45) is 0 Å². The molecule has 0 aliphatic heterocycles. The summed E-state index contributed by atoms with van der Waals surface area (Å²) in [4.78, 5) is 16.1. The summed E-state index contributed by atoms with van der Waals surface area (Å²) in [6, 6.07) is 5.82. The Kier molecular flexibility index (Phi) is 15.4. The van der Waals surface area contributed by atoms with Crippen LogP contribution in [0.1, 0.15) is 112 Å². The van der Waals surface area contributed by atoms with E-state index >= 15 is 0 Å². The number of benzene rings is 1. The van der Waals surface area contributed by atoms with Crippen LogP contribution in [-0.4, -0.2) is 24.8 Å². The molecule has 5 nitrogen and oxygen atoms in total. The molecule has 0 saturated heterocycles. The summed E-state index contributed by atoms with van der Waals surface area (Å²) < 4.78 is 18.2. The lowest BCUT2D eigenvalue weighted by atomic mass is 10.1. The second-order valence-electron chi connectivity index (χ2n) is 10.5. The summed E-state index contributed by atoms with van der Waals surface area (Å²) in [7, 11) is 0. The van der Waals surface area contributed by atoms with E-state index in [0.29, 0.717) is 31.1 Å². The van der Waals surface area contributed by atoms with Gasteiger partial charge in [0.2, 0.25) is 5.75 Å². The zero-order valence-corrected chi connectivity index (χ0v) is 24.6. The van der Waals surface area contributed by atoms with Crippen LogP contribution in [0.25, 0.3) is 10.9 Å². The summed E-state index contributed by atoms with van der Waals surface area (Å²) in [6.07, 6.45) is 18.0. The average Bonchev–Trinajstić information content (AvgIpc) is 2.88. The third-order valence-corrected chi connectivity index (χ3v) is 6.66. The Morgan fingerprint density at radius 1 is 0.789 bits per heavy atom. The number of H-pyrrole nitrogens is 1. The molecule has 5 heteroatoms. The first-order chi connectivity index (χ1) is 18.5. The molecule has 2 aromatic rings. The molecule has 38 heavy (non-hydrogen) atoms. The third kappa shape index (κ3) is 11.8. The van der Waals surface area contributed by atoms with Crippen molar-refractivity contribution in [3.63, 3.8) is 0 Å². The molecule has 0 aliphatic rings. The third-order valence-electron chi connectivity index (χ3n) is 6.66. The molecule has 0 aliphatic carbocycles. The molecule has 1 heterocycles. The molecule has 0 fully saturated rings. The van der Waals surface area contributed by atoms with Crippen LogP contribution in [0, 0.1) is 0 Å². The van der Waals surface area contributed by atoms with Crippen molar-refractivity contribution >= 4 is 10.9 Å². The molecule has 0 amide bonds. The van der Waals surface area contributed by atoms with Gasteiger partial charge in [0.1, 0.15) is 12.4 Å². The monoisotopic (exact) mass is 525 g/mol. The van der Waals surface area contributed by atoms with Crippen LogP contribution in [0.4, 0.5) is 0 Å². The van der Waals surface area contributed by atoms with Gasteiger partial charge in [-0.15, -0.1) is 0 Å². The number of pyridine rings is 1. The number of rotatable bonds is 20. The van der Waals surface area contributed by atoms with E-state index in [1.165, 1.54) is 56.1 Å². The summed E-state index contributed by atoms with van der Waals surface area (Å²) in [5.74, 6) is 1.54. The molecule has 2 rings (SSSR count). The zero-order valence-electron chi connectivity index (χ0n) is 24.6. The first-order valence-corrected chi connectivity index (χ1v) is 14.8. The number of hydrogen-bond donors (Lipinski definition) is 1. The van der Waals surface area contributed by atoms with Gasteiger partial charge in [-0.2, -0.15) is 0 Å². The fourth-order valence-electron chi connectivity index (χ4n) is 4.33. The normalized spacial score (nSPS) is 11.6. The minimum atomic E-state index is -0.273. The lowest BCUT2D eigenvalue weighted by Gasteiger charge is -2.15. The number of fused-ring (bicyclic) bond motifs is 1. The van der Waals surface area contributed by atoms with Crippen molar-refractivity contribution in [3.8, 4) is 17.2 Å². The van der Waals surface area contributed by atoms with Gasteiger partial charge >= 0.3 is 0 Å². The molecule has 1 aromatic heterocycles. The number of aromatic nitrogens is 1. The smallest absolute Gasteiger partial charge is 0.294 e. The van der Waals surface area contributed by atoms with Gasteiger partial charge in [-0.05, 0) is 64.7 Å². The Labute approximate surface area is 230 Å². The van der Waals surface area contributed by atoms with Gasteiger partial charge in [0.05, 0.1) is 18.7 Å². The standard InChI is InChI=1S/C33H51NO4/c1-6-8-10-12-13-15-22-36-28-19-20-29-30(25-28)34-33(35)32(31(29)37-23-14-11-9-7-2)38-24-21-27(5)18-16-17-26(3)4/h17,19-21,25H,6-16,18,22-24H2,1-5H3,(H,34,35)/b27-21+. The lowest BCUT2D eigenvalue weighted by Crippen LogP contribution is -2.14. The van der Waals surface area contributed by atoms with E-state index in [1.807, 2.05) is 24.3 Å². The van der Waals surface area contributed by atoms with E-state index in [4.69, 9.17) is 14.2 Å². The largest absolute Gasteiger partial charge is 0.494 e. The molecule has 1 aromatic carbocycles. The van der Waals surface area contributed by atoms with Gasteiger partial charge in [0.15, 0.2) is 5.75 Å². The van der Waals surface area contributed by atoms with E-state index in [2.05, 4.69) is 45.7 Å². The number of ether oxygens (including phenoxy) is 3. The number of hydrogen-bond acceptors (Lipinski definition) is 4. The number of aromatic amines is 1. The highest BCUT2D eigenvalue weighted by atomic mass is 16.5. The molecular weight excluding hydrogens is 474 g/mol. The van der Waals surface area contributed by atoms with E-state index in [-0.39, 0.29) is 11.3 Å². The van der Waals surface area contributed by atoms with E-state index < -0.39 is 0 Å². The Morgan fingerprint density at radius 3 is 2.16 bits per heavy atom. The lowest BCUT2D eigenvalue weighted by molar-refractivity contribution is 0.277. The topological polar surface area (TPSA) is 60.6 Å². The molecule has 0 unspecified atom stereocenters. The van der Waals surface area contributed by atoms with Crippen molar-refractivity contribution in [3.05, 3.63) is 51.9 Å².